The maximum absolute atomic E-state index is 10.3. The Labute approximate surface area is 75.1 Å². The van der Waals surface area contributed by atoms with Crippen molar-refractivity contribution in [3.05, 3.63) is 38.4 Å². The maximum Gasteiger partial charge on any atom is 0.276 e. The molecule has 0 saturated carbocycles. The van der Waals surface area contributed by atoms with Crippen LogP contribution in [0.5, 0.6) is 0 Å². The normalized spacial score (nSPS) is 9.62. The van der Waals surface area contributed by atoms with E-state index in [-0.39, 0.29) is 11.4 Å². The van der Waals surface area contributed by atoms with Crippen LogP contribution >= 0.6 is 9.24 Å². The van der Waals surface area contributed by atoms with E-state index in [2.05, 4.69) is 9.24 Å². The third kappa shape index (κ3) is 2.19. The molecule has 0 aliphatic carbocycles. The number of rotatable bonds is 2. The van der Waals surface area contributed by atoms with E-state index in [1.165, 1.54) is 12.1 Å². The number of hydrogen-bond donors (Lipinski definition) is 0. The minimum absolute atomic E-state index is 0.279. The minimum Gasteiger partial charge on any atom is -0.258 e. The number of non-ortho nitro benzene ring substituents is 2. The van der Waals surface area contributed by atoms with Crippen LogP contribution in [-0.4, -0.2) is 9.85 Å². The van der Waals surface area contributed by atoms with E-state index in [1.807, 2.05) is 0 Å². The molecule has 0 aliphatic rings. The summed E-state index contributed by atoms with van der Waals surface area (Å²) in [5.41, 5.74) is -0.557. The molecule has 0 amide bonds. The van der Waals surface area contributed by atoms with Gasteiger partial charge in [0.15, 0.2) is 0 Å². The van der Waals surface area contributed by atoms with Crippen LogP contribution in [0.4, 0.5) is 11.4 Å². The van der Waals surface area contributed by atoms with E-state index in [0.29, 0.717) is 5.30 Å². The van der Waals surface area contributed by atoms with Crippen molar-refractivity contribution >= 4 is 25.9 Å². The summed E-state index contributed by atoms with van der Waals surface area (Å²) in [6.45, 7) is 0. The number of benzene rings is 1. The first-order valence-electron chi connectivity index (χ1n) is 3.20. The van der Waals surface area contributed by atoms with E-state index in [9.17, 15) is 20.2 Å². The molecule has 0 bridgehead atoms. The van der Waals surface area contributed by atoms with Crippen molar-refractivity contribution in [3.8, 4) is 0 Å². The summed E-state index contributed by atoms with van der Waals surface area (Å²) in [6, 6.07) is 3.42. The lowest BCUT2D eigenvalue weighted by Gasteiger charge is -1.94. The first kappa shape index (κ1) is 9.54. The van der Waals surface area contributed by atoms with E-state index >= 15 is 0 Å². The summed E-state index contributed by atoms with van der Waals surface area (Å²) in [4.78, 5) is 19.3. The van der Waals surface area contributed by atoms with Crippen LogP contribution in [0.1, 0.15) is 0 Å². The third-order valence-corrected chi connectivity index (χ3v) is 1.68. The molecule has 0 N–H and O–H groups in total. The van der Waals surface area contributed by atoms with Crippen LogP contribution in [0.2, 0.25) is 0 Å². The van der Waals surface area contributed by atoms with Crippen LogP contribution < -0.4 is 5.30 Å². The van der Waals surface area contributed by atoms with Crippen LogP contribution in [0.3, 0.4) is 0 Å². The zero-order valence-electron chi connectivity index (χ0n) is 6.34. The Bertz CT molecular complexity index is 347. The van der Waals surface area contributed by atoms with Gasteiger partial charge in [-0.15, -0.1) is 9.24 Å². The van der Waals surface area contributed by atoms with Crippen molar-refractivity contribution in [2.24, 2.45) is 0 Å². The van der Waals surface area contributed by atoms with E-state index in [4.69, 9.17) is 0 Å². The molecule has 6 nitrogen and oxygen atoms in total. The molecule has 0 heterocycles. The molecule has 1 rings (SSSR count). The van der Waals surface area contributed by atoms with Crippen molar-refractivity contribution in [2.45, 2.75) is 0 Å². The van der Waals surface area contributed by atoms with Gasteiger partial charge in [-0.05, 0) is 5.30 Å². The number of nitro benzene ring substituents is 2. The molecule has 0 radical (unpaired) electrons. The van der Waals surface area contributed by atoms with Crippen LogP contribution in [0, 0.1) is 20.2 Å². The predicted molar refractivity (Wildman–Crippen MR) is 49.1 cm³/mol. The summed E-state index contributed by atoms with van der Waals surface area (Å²) in [7, 11) is 2.18. The van der Waals surface area contributed by atoms with Crippen molar-refractivity contribution in [3.63, 3.8) is 0 Å². The molecule has 13 heavy (non-hydrogen) atoms. The fourth-order valence-electron chi connectivity index (χ4n) is 0.829. The summed E-state index contributed by atoms with van der Waals surface area (Å²) in [5.74, 6) is 0. The molecule has 1 aromatic carbocycles. The van der Waals surface area contributed by atoms with Gasteiger partial charge in [-0.3, -0.25) is 20.2 Å². The maximum atomic E-state index is 10.3. The van der Waals surface area contributed by atoms with Crippen LogP contribution in [0.25, 0.3) is 0 Å². The molecule has 7 heteroatoms. The lowest BCUT2D eigenvalue weighted by Crippen LogP contribution is -1.99. The van der Waals surface area contributed by atoms with Gasteiger partial charge in [0.05, 0.1) is 15.9 Å². The molecular weight excluding hydrogens is 195 g/mol. The Morgan fingerprint density at radius 3 is 1.69 bits per heavy atom. The van der Waals surface area contributed by atoms with Gasteiger partial charge in [0, 0.05) is 12.1 Å². The zero-order chi connectivity index (χ0) is 10.0. The summed E-state index contributed by atoms with van der Waals surface area (Å²) >= 11 is 0. The molecule has 1 aromatic rings. The number of nitro groups is 2. The predicted octanol–water partition coefficient (Wildman–Crippen LogP) is 1.00. The topological polar surface area (TPSA) is 86.3 Å². The largest absolute Gasteiger partial charge is 0.276 e. The smallest absolute Gasteiger partial charge is 0.258 e. The zero-order valence-corrected chi connectivity index (χ0v) is 7.49. The highest BCUT2D eigenvalue weighted by atomic mass is 31.0. The van der Waals surface area contributed by atoms with Crippen molar-refractivity contribution in [2.75, 3.05) is 0 Å². The minimum atomic E-state index is -0.666. The van der Waals surface area contributed by atoms with E-state index in [0.717, 1.165) is 6.07 Å². The Morgan fingerprint density at radius 1 is 1.00 bits per heavy atom. The first-order valence-corrected chi connectivity index (χ1v) is 3.78. The van der Waals surface area contributed by atoms with Crippen LogP contribution in [-0.2, 0) is 0 Å². The second kappa shape index (κ2) is 3.45. The highest BCUT2D eigenvalue weighted by Crippen LogP contribution is 2.18. The van der Waals surface area contributed by atoms with Crippen molar-refractivity contribution in [1.29, 1.82) is 0 Å². The molecule has 0 saturated heterocycles. The quantitative estimate of drug-likeness (QED) is 0.404. The Hall–Kier alpha value is -1.55. The van der Waals surface area contributed by atoms with Gasteiger partial charge in [0.25, 0.3) is 11.4 Å². The SMILES string of the molecule is O=[N+]([O-])c1cc(P)cc([N+](=O)[O-])c1. The van der Waals surface area contributed by atoms with Crippen molar-refractivity contribution in [1.82, 2.24) is 0 Å². The van der Waals surface area contributed by atoms with Gasteiger partial charge in [0.1, 0.15) is 0 Å². The molecule has 0 spiro atoms. The third-order valence-electron chi connectivity index (χ3n) is 1.35. The highest BCUT2D eigenvalue weighted by Gasteiger charge is 2.14. The molecule has 0 aromatic heterocycles. The summed E-state index contributed by atoms with van der Waals surface area (Å²) in [6.07, 6.45) is 0. The molecule has 68 valence electrons. The molecule has 1 unspecified atom stereocenters. The van der Waals surface area contributed by atoms with E-state index in [1.54, 1.807) is 0 Å². The lowest BCUT2D eigenvalue weighted by atomic mass is 10.3. The monoisotopic (exact) mass is 200 g/mol. The van der Waals surface area contributed by atoms with Crippen LogP contribution in [0.15, 0.2) is 18.2 Å². The van der Waals surface area contributed by atoms with Gasteiger partial charge >= 0.3 is 0 Å². The standard InChI is InChI=1S/C6H5N2O4P/c9-7(10)4-1-5(8(11)12)3-6(13)2-4/h1-3H,13H2. The second-order valence-electron chi connectivity index (χ2n) is 2.30. The lowest BCUT2D eigenvalue weighted by molar-refractivity contribution is -0.394. The fourth-order valence-corrected chi connectivity index (χ4v) is 1.17. The van der Waals surface area contributed by atoms with Gasteiger partial charge < -0.3 is 0 Å². The number of hydrogen-bond acceptors (Lipinski definition) is 4. The molecule has 0 aliphatic heterocycles. The van der Waals surface area contributed by atoms with Crippen molar-refractivity contribution < 1.29 is 9.85 Å². The highest BCUT2D eigenvalue weighted by molar-refractivity contribution is 7.27. The average molecular weight is 200 g/mol. The van der Waals surface area contributed by atoms with Gasteiger partial charge in [-0.25, -0.2) is 0 Å². The molecule has 0 fully saturated rings. The first-order chi connectivity index (χ1) is 6.00. The fraction of sp³-hybridized carbons (Fsp3) is 0. The molecule has 1 atom stereocenters. The van der Waals surface area contributed by atoms with Gasteiger partial charge in [-0.1, -0.05) is 0 Å². The van der Waals surface area contributed by atoms with E-state index < -0.39 is 9.85 Å². The Morgan fingerprint density at radius 2 is 1.38 bits per heavy atom. The van der Waals surface area contributed by atoms with Gasteiger partial charge in [0.2, 0.25) is 0 Å². The summed E-state index contributed by atoms with van der Waals surface area (Å²) in [5, 5.41) is 21.0. The number of nitrogens with zero attached hydrogens (tertiary/aromatic N) is 2. The second-order valence-corrected chi connectivity index (χ2v) is 2.96. The molecular formula is C6H5N2O4P. The average Bonchev–Trinajstić information content (AvgIpc) is 2.03. The van der Waals surface area contributed by atoms with Gasteiger partial charge in [-0.2, -0.15) is 0 Å². The Balaban J connectivity index is 3.26. The Kier molecular flexibility index (Phi) is 2.53. The summed E-state index contributed by atoms with van der Waals surface area (Å²) < 4.78 is 0.